The lowest BCUT2D eigenvalue weighted by atomic mass is 10.0. The van der Waals surface area contributed by atoms with E-state index in [1.165, 1.54) is 0 Å². The second-order valence-electron chi connectivity index (χ2n) is 4.53. The topological polar surface area (TPSA) is 64.4 Å². The number of carbonyl (C=O) groups is 1. The van der Waals surface area contributed by atoms with Crippen molar-refractivity contribution in [2.45, 2.75) is 31.3 Å². The SMILES string of the molecule is NCCC(C(=O)NCC1CCCO1)c1cccs1. The summed E-state index contributed by atoms with van der Waals surface area (Å²) < 4.78 is 5.50. The molecule has 4 nitrogen and oxygen atoms in total. The Hall–Kier alpha value is -0.910. The molecule has 2 unspecified atom stereocenters. The average molecular weight is 268 g/mol. The molecule has 0 bridgehead atoms. The van der Waals surface area contributed by atoms with E-state index in [9.17, 15) is 4.79 Å². The van der Waals surface area contributed by atoms with Gasteiger partial charge < -0.3 is 15.8 Å². The molecule has 3 N–H and O–H groups in total. The summed E-state index contributed by atoms with van der Waals surface area (Å²) in [4.78, 5) is 13.3. The van der Waals surface area contributed by atoms with E-state index < -0.39 is 0 Å². The van der Waals surface area contributed by atoms with Crippen molar-refractivity contribution < 1.29 is 9.53 Å². The summed E-state index contributed by atoms with van der Waals surface area (Å²) in [5.74, 6) is -0.0465. The Kier molecular flexibility index (Phi) is 5.16. The number of thiophene rings is 1. The molecule has 1 amide bonds. The highest BCUT2D eigenvalue weighted by Crippen LogP contribution is 2.24. The van der Waals surface area contributed by atoms with Gasteiger partial charge in [-0.05, 0) is 37.3 Å². The van der Waals surface area contributed by atoms with E-state index in [4.69, 9.17) is 10.5 Å². The summed E-state index contributed by atoms with van der Waals surface area (Å²) in [5.41, 5.74) is 5.59. The molecule has 1 aromatic heterocycles. The van der Waals surface area contributed by atoms with Crippen LogP contribution >= 0.6 is 11.3 Å². The maximum absolute atomic E-state index is 12.2. The van der Waals surface area contributed by atoms with Crippen LogP contribution in [0.1, 0.15) is 30.1 Å². The second kappa shape index (κ2) is 6.87. The van der Waals surface area contributed by atoms with E-state index in [1.54, 1.807) is 11.3 Å². The molecule has 0 radical (unpaired) electrons. The van der Waals surface area contributed by atoms with Gasteiger partial charge in [0.25, 0.3) is 0 Å². The van der Waals surface area contributed by atoms with Crippen LogP contribution in [-0.2, 0) is 9.53 Å². The zero-order chi connectivity index (χ0) is 12.8. The Bertz CT molecular complexity index is 361. The van der Waals surface area contributed by atoms with Gasteiger partial charge in [0.15, 0.2) is 0 Å². The molecule has 1 aliphatic rings. The summed E-state index contributed by atoms with van der Waals surface area (Å²) in [6, 6.07) is 3.97. The van der Waals surface area contributed by atoms with Gasteiger partial charge in [0.05, 0.1) is 12.0 Å². The third-order valence-electron chi connectivity index (χ3n) is 3.19. The van der Waals surface area contributed by atoms with Crippen LogP contribution in [0, 0.1) is 0 Å². The van der Waals surface area contributed by atoms with Crippen molar-refractivity contribution in [3.63, 3.8) is 0 Å². The van der Waals surface area contributed by atoms with Crippen LogP contribution in [0.4, 0.5) is 0 Å². The Morgan fingerprint density at radius 1 is 1.67 bits per heavy atom. The fraction of sp³-hybridized carbons (Fsp3) is 0.615. The van der Waals surface area contributed by atoms with Crippen LogP contribution in [0.5, 0.6) is 0 Å². The van der Waals surface area contributed by atoms with Crippen molar-refractivity contribution in [1.82, 2.24) is 5.32 Å². The molecule has 100 valence electrons. The third-order valence-corrected chi connectivity index (χ3v) is 4.17. The average Bonchev–Trinajstić information content (AvgIpc) is 3.05. The number of amides is 1. The Morgan fingerprint density at radius 3 is 3.17 bits per heavy atom. The van der Waals surface area contributed by atoms with Crippen molar-refractivity contribution in [2.75, 3.05) is 19.7 Å². The van der Waals surface area contributed by atoms with Gasteiger partial charge in [0, 0.05) is 18.0 Å². The second-order valence-corrected chi connectivity index (χ2v) is 5.50. The molecule has 2 heterocycles. The van der Waals surface area contributed by atoms with E-state index in [0.717, 1.165) is 24.3 Å². The molecule has 2 rings (SSSR count). The van der Waals surface area contributed by atoms with Gasteiger partial charge in [-0.1, -0.05) is 6.07 Å². The minimum atomic E-state index is -0.114. The first kappa shape index (κ1) is 13.5. The van der Waals surface area contributed by atoms with Crippen molar-refractivity contribution in [3.8, 4) is 0 Å². The Morgan fingerprint density at radius 2 is 2.56 bits per heavy atom. The van der Waals surface area contributed by atoms with Crippen LogP contribution in [0.25, 0.3) is 0 Å². The Labute approximate surface area is 112 Å². The highest BCUT2D eigenvalue weighted by molar-refractivity contribution is 7.10. The zero-order valence-electron chi connectivity index (χ0n) is 10.4. The van der Waals surface area contributed by atoms with Gasteiger partial charge in [-0.25, -0.2) is 0 Å². The van der Waals surface area contributed by atoms with Crippen molar-refractivity contribution in [2.24, 2.45) is 5.73 Å². The van der Waals surface area contributed by atoms with E-state index in [2.05, 4.69) is 5.32 Å². The fourth-order valence-corrected chi connectivity index (χ4v) is 3.06. The van der Waals surface area contributed by atoms with Crippen LogP contribution in [0.15, 0.2) is 17.5 Å². The number of nitrogens with two attached hydrogens (primary N) is 1. The van der Waals surface area contributed by atoms with Gasteiger partial charge >= 0.3 is 0 Å². The molecule has 0 spiro atoms. The van der Waals surface area contributed by atoms with Gasteiger partial charge in [0.1, 0.15) is 0 Å². The van der Waals surface area contributed by atoms with Crippen molar-refractivity contribution >= 4 is 17.2 Å². The lowest BCUT2D eigenvalue weighted by Gasteiger charge is -2.16. The number of ether oxygens (including phenoxy) is 1. The fourth-order valence-electron chi connectivity index (χ4n) is 2.20. The number of hydrogen-bond acceptors (Lipinski definition) is 4. The number of hydrogen-bond donors (Lipinski definition) is 2. The van der Waals surface area contributed by atoms with Gasteiger partial charge in [-0.3, -0.25) is 4.79 Å². The molecule has 1 aliphatic heterocycles. The number of nitrogens with one attached hydrogen (secondary N) is 1. The van der Waals surface area contributed by atoms with Crippen LogP contribution in [0.2, 0.25) is 0 Å². The molecule has 18 heavy (non-hydrogen) atoms. The van der Waals surface area contributed by atoms with E-state index in [0.29, 0.717) is 19.5 Å². The van der Waals surface area contributed by atoms with Gasteiger partial charge in [-0.2, -0.15) is 0 Å². The molecule has 0 aliphatic carbocycles. The van der Waals surface area contributed by atoms with Gasteiger partial charge in [0.2, 0.25) is 5.91 Å². The van der Waals surface area contributed by atoms with Crippen LogP contribution in [0.3, 0.4) is 0 Å². The summed E-state index contributed by atoms with van der Waals surface area (Å²) in [7, 11) is 0. The molecule has 5 heteroatoms. The highest BCUT2D eigenvalue weighted by atomic mass is 32.1. The first-order chi connectivity index (χ1) is 8.81. The summed E-state index contributed by atoms with van der Waals surface area (Å²) in [6.45, 7) is 1.96. The monoisotopic (exact) mass is 268 g/mol. The first-order valence-electron chi connectivity index (χ1n) is 6.44. The molecule has 0 aromatic carbocycles. The lowest BCUT2D eigenvalue weighted by Crippen LogP contribution is -2.35. The van der Waals surface area contributed by atoms with Crippen LogP contribution in [-0.4, -0.2) is 31.7 Å². The molecular formula is C13H20N2O2S. The predicted octanol–water partition coefficient (Wildman–Crippen LogP) is 1.48. The molecule has 1 aromatic rings. The van der Waals surface area contributed by atoms with Crippen LogP contribution < -0.4 is 11.1 Å². The smallest absolute Gasteiger partial charge is 0.228 e. The van der Waals surface area contributed by atoms with Gasteiger partial charge in [-0.15, -0.1) is 11.3 Å². The summed E-state index contributed by atoms with van der Waals surface area (Å²) in [5, 5.41) is 4.98. The lowest BCUT2D eigenvalue weighted by molar-refractivity contribution is -0.123. The first-order valence-corrected chi connectivity index (χ1v) is 7.32. The van der Waals surface area contributed by atoms with E-state index in [-0.39, 0.29) is 17.9 Å². The largest absolute Gasteiger partial charge is 0.376 e. The molecule has 1 saturated heterocycles. The molecule has 2 atom stereocenters. The quantitative estimate of drug-likeness (QED) is 0.821. The van der Waals surface area contributed by atoms with Crippen molar-refractivity contribution in [3.05, 3.63) is 22.4 Å². The molecule has 0 saturated carbocycles. The van der Waals surface area contributed by atoms with Crippen molar-refractivity contribution in [1.29, 1.82) is 0 Å². The molecule has 1 fully saturated rings. The highest BCUT2D eigenvalue weighted by Gasteiger charge is 2.22. The standard InChI is InChI=1S/C13H20N2O2S/c14-6-5-11(12-4-2-8-18-12)13(16)15-9-10-3-1-7-17-10/h2,4,8,10-11H,1,3,5-7,9,14H2,(H,15,16). The number of carbonyl (C=O) groups excluding carboxylic acids is 1. The normalized spacial score (nSPS) is 20.8. The Balaban J connectivity index is 1.87. The third kappa shape index (κ3) is 3.54. The maximum atomic E-state index is 12.2. The predicted molar refractivity (Wildman–Crippen MR) is 72.7 cm³/mol. The van der Waals surface area contributed by atoms with E-state index in [1.807, 2.05) is 17.5 Å². The summed E-state index contributed by atoms with van der Waals surface area (Å²) >= 11 is 1.61. The molecular weight excluding hydrogens is 248 g/mol. The maximum Gasteiger partial charge on any atom is 0.228 e. The zero-order valence-corrected chi connectivity index (χ0v) is 11.2. The van der Waals surface area contributed by atoms with E-state index >= 15 is 0 Å². The summed E-state index contributed by atoms with van der Waals surface area (Å²) in [6.07, 6.45) is 3.02. The number of rotatable bonds is 6. The minimum absolute atomic E-state index is 0.0680. The minimum Gasteiger partial charge on any atom is -0.376 e.